The lowest BCUT2D eigenvalue weighted by atomic mass is 10.2. The predicted molar refractivity (Wildman–Crippen MR) is 108 cm³/mol. The van der Waals surface area contributed by atoms with E-state index in [1.54, 1.807) is 61.5 Å². The molecule has 0 fully saturated rings. The molecule has 0 aliphatic rings. The number of hydrogen-bond acceptors (Lipinski definition) is 3. The highest BCUT2D eigenvalue weighted by Crippen LogP contribution is 2.23. The molecule has 0 saturated carbocycles. The van der Waals surface area contributed by atoms with Gasteiger partial charge in [0.15, 0.2) is 0 Å². The first-order valence-electron chi connectivity index (χ1n) is 8.42. The van der Waals surface area contributed by atoms with Crippen molar-refractivity contribution in [3.63, 3.8) is 0 Å². The molecule has 1 amide bonds. The maximum absolute atomic E-state index is 12.8. The van der Waals surface area contributed by atoms with Crippen molar-refractivity contribution in [1.29, 1.82) is 0 Å². The van der Waals surface area contributed by atoms with Crippen LogP contribution in [0.3, 0.4) is 0 Å². The molecule has 0 aliphatic heterocycles. The molecule has 6 heteroatoms. The van der Waals surface area contributed by atoms with E-state index in [9.17, 15) is 13.2 Å². The third-order valence-corrected chi connectivity index (χ3v) is 5.57. The summed E-state index contributed by atoms with van der Waals surface area (Å²) < 4.78 is 28.2. The Balaban J connectivity index is 1.87. The number of carbonyl (C=O) groups is 1. The molecule has 0 atom stereocenters. The van der Waals surface area contributed by atoms with Crippen LogP contribution in [-0.2, 0) is 10.0 Å². The van der Waals surface area contributed by atoms with Crippen LogP contribution in [0.15, 0.2) is 77.7 Å². The Kier molecular flexibility index (Phi) is 5.28. The van der Waals surface area contributed by atoms with E-state index in [1.165, 1.54) is 6.07 Å². The molecule has 0 spiro atoms. The molecule has 0 radical (unpaired) electrons. The van der Waals surface area contributed by atoms with Crippen LogP contribution in [-0.4, -0.2) is 14.3 Å². The minimum absolute atomic E-state index is 0.120. The third-order valence-electron chi connectivity index (χ3n) is 4.04. The van der Waals surface area contributed by atoms with Crippen LogP contribution >= 0.6 is 0 Å². The summed E-state index contributed by atoms with van der Waals surface area (Å²) in [5.74, 6) is -0.297. The minimum atomic E-state index is -3.78. The van der Waals surface area contributed by atoms with E-state index in [4.69, 9.17) is 0 Å². The number of carbonyl (C=O) groups excluding carboxylic acids is 1. The maximum atomic E-state index is 12.8. The zero-order valence-electron chi connectivity index (χ0n) is 15.1. The van der Waals surface area contributed by atoms with Crippen LogP contribution in [0.5, 0.6) is 0 Å². The summed E-state index contributed by atoms with van der Waals surface area (Å²) in [6.07, 6.45) is 0. The Morgan fingerprint density at radius 3 is 2.26 bits per heavy atom. The lowest BCUT2D eigenvalue weighted by Crippen LogP contribution is -2.16. The topological polar surface area (TPSA) is 75.3 Å². The van der Waals surface area contributed by atoms with Crippen LogP contribution in [0.4, 0.5) is 11.4 Å². The van der Waals surface area contributed by atoms with Gasteiger partial charge in [0.2, 0.25) is 0 Å². The van der Waals surface area contributed by atoms with Crippen LogP contribution in [0.25, 0.3) is 0 Å². The highest BCUT2D eigenvalue weighted by molar-refractivity contribution is 7.92. The van der Waals surface area contributed by atoms with Gasteiger partial charge in [0.05, 0.1) is 4.90 Å². The summed E-state index contributed by atoms with van der Waals surface area (Å²) in [5.41, 5.74) is 2.95. The quantitative estimate of drug-likeness (QED) is 0.691. The Morgan fingerprint density at radius 1 is 0.815 bits per heavy atom. The summed E-state index contributed by atoms with van der Waals surface area (Å²) >= 11 is 0. The Labute approximate surface area is 159 Å². The lowest BCUT2D eigenvalue weighted by Gasteiger charge is -2.13. The van der Waals surface area contributed by atoms with Gasteiger partial charge >= 0.3 is 0 Å². The molecule has 138 valence electrons. The van der Waals surface area contributed by atoms with Gasteiger partial charge in [-0.05, 0) is 61.4 Å². The number of sulfonamides is 1. The van der Waals surface area contributed by atoms with Crippen LogP contribution in [0, 0.1) is 13.8 Å². The van der Waals surface area contributed by atoms with E-state index in [1.807, 2.05) is 19.1 Å². The minimum Gasteiger partial charge on any atom is -0.322 e. The molecular weight excluding hydrogens is 360 g/mol. The predicted octanol–water partition coefficient (Wildman–Crippen LogP) is 4.36. The van der Waals surface area contributed by atoms with Gasteiger partial charge in [-0.3, -0.25) is 9.52 Å². The van der Waals surface area contributed by atoms with Crippen molar-refractivity contribution in [3.05, 3.63) is 89.5 Å². The van der Waals surface area contributed by atoms with Crippen molar-refractivity contribution < 1.29 is 13.2 Å². The number of benzene rings is 3. The zero-order chi connectivity index (χ0) is 19.4. The van der Waals surface area contributed by atoms with Gasteiger partial charge in [-0.1, -0.05) is 36.4 Å². The third kappa shape index (κ3) is 4.54. The molecule has 0 aromatic heterocycles. The Hall–Kier alpha value is -3.12. The van der Waals surface area contributed by atoms with Crippen molar-refractivity contribution >= 4 is 27.3 Å². The van der Waals surface area contributed by atoms with Crippen molar-refractivity contribution in [3.8, 4) is 0 Å². The van der Waals surface area contributed by atoms with Crippen molar-refractivity contribution in [2.45, 2.75) is 18.7 Å². The van der Waals surface area contributed by atoms with Crippen molar-refractivity contribution in [1.82, 2.24) is 0 Å². The van der Waals surface area contributed by atoms with E-state index in [0.29, 0.717) is 22.5 Å². The Morgan fingerprint density at radius 2 is 1.56 bits per heavy atom. The number of amides is 1. The molecule has 5 nitrogen and oxygen atoms in total. The number of aryl methyl sites for hydroxylation is 2. The smallest absolute Gasteiger partial charge is 0.262 e. The fourth-order valence-corrected chi connectivity index (χ4v) is 4.00. The maximum Gasteiger partial charge on any atom is 0.262 e. The van der Waals surface area contributed by atoms with E-state index < -0.39 is 10.0 Å². The van der Waals surface area contributed by atoms with E-state index in [2.05, 4.69) is 10.0 Å². The van der Waals surface area contributed by atoms with Crippen molar-refractivity contribution in [2.75, 3.05) is 10.0 Å². The molecular formula is C21H20N2O3S. The molecule has 0 saturated heterocycles. The first-order valence-corrected chi connectivity index (χ1v) is 9.90. The number of anilines is 2. The summed E-state index contributed by atoms with van der Waals surface area (Å²) in [6, 6.07) is 20.7. The zero-order valence-corrected chi connectivity index (χ0v) is 15.9. The second-order valence-electron chi connectivity index (χ2n) is 6.28. The first kappa shape index (κ1) is 18.7. The van der Waals surface area contributed by atoms with Crippen LogP contribution in [0.1, 0.15) is 21.5 Å². The van der Waals surface area contributed by atoms with Crippen LogP contribution in [0.2, 0.25) is 0 Å². The number of nitrogens with one attached hydrogen (secondary N) is 2. The molecule has 27 heavy (non-hydrogen) atoms. The van der Waals surface area contributed by atoms with Crippen molar-refractivity contribution in [2.24, 2.45) is 0 Å². The standard InChI is InChI=1S/C21H20N2O3S/c1-15-7-6-10-19(13-15)23-27(25,26)20-14-18(12-11-16(20)2)22-21(24)17-8-4-3-5-9-17/h3-14,23H,1-2H3,(H,22,24). The monoisotopic (exact) mass is 380 g/mol. The highest BCUT2D eigenvalue weighted by atomic mass is 32.2. The molecule has 3 aromatic rings. The van der Waals surface area contributed by atoms with Gasteiger partial charge < -0.3 is 5.32 Å². The van der Waals surface area contributed by atoms with E-state index >= 15 is 0 Å². The summed E-state index contributed by atoms with van der Waals surface area (Å²) in [5, 5.41) is 2.74. The summed E-state index contributed by atoms with van der Waals surface area (Å²) in [4.78, 5) is 12.4. The van der Waals surface area contributed by atoms with E-state index in [0.717, 1.165) is 5.56 Å². The molecule has 0 heterocycles. The normalized spacial score (nSPS) is 11.0. The molecule has 0 bridgehead atoms. The number of rotatable bonds is 5. The molecule has 3 rings (SSSR count). The molecule has 0 unspecified atom stereocenters. The fraction of sp³-hybridized carbons (Fsp3) is 0.0952. The average Bonchev–Trinajstić information content (AvgIpc) is 2.63. The lowest BCUT2D eigenvalue weighted by molar-refractivity contribution is 0.102. The van der Waals surface area contributed by atoms with Gasteiger partial charge in [-0.25, -0.2) is 8.42 Å². The van der Waals surface area contributed by atoms with Crippen LogP contribution < -0.4 is 10.0 Å². The SMILES string of the molecule is Cc1cccc(NS(=O)(=O)c2cc(NC(=O)c3ccccc3)ccc2C)c1. The largest absolute Gasteiger partial charge is 0.322 e. The Bertz CT molecular complexity index is 1080. The second kappa shape index (κ2) is 7.63. The molecule has 2 N–H and O–H groups in total. The summed E-state index contributed by atoms with van der Waals surface area (Å²) in [6.45, 7) is 3.61. The summed E-state index contributed by atoms with van der Waals surface area (Å²) in [7, 11) is -3.78. The number of hydrogen-bond donors (Lipinski definition) is 2. The van der Waals surface area contributed by atoms with E-state index in [-0.39, 0.29) is 10.8 Å². The second-order valence-corrected chi connectivity index (χ2v) is 7.93. The highest BCUT2D eigenvalue weighted by Gasteiger charge is 2.18. The van der Waals surface area contributed by atoms with Gasteiger partial charge in [0.1, 0.15) is 0 Å². The first-order chi connectivity index (χ1) is 12.8. The fourth-order valence-electron chi connectivity index (χ4n) is 2.68. The van der Waals surface area contributed by atoms with Gasteiger partial charge in [-0.15, -0.1) is 0 Å². The molecule has 0 aliphatic carbocycles. The molecule has 3 aromatic carbocycles. The van der Waals surface area contributed by atoms with Gasteiger partial charge in [-0.2, -0.15) is 0 Å². The average molecular weight is 380 g/mol. The van der Waals surface area contributed by atoms with Gasteiger partial charge in [0, 0.05) is 16.9 Å². The van der Waals surface area contributed by atoms with Gasteiger partial charge in [0.25, 0.3) is 15.9 Å².